The van der Waals surface area contributed by atoms with Gasteiger partial charge < -0.3 is 15.7 Å². The van der Waals surface area contributed by atoms with Gasteiger partial charge in [-0.3, -0.25) is 9.59 Å². The van der Waals surface area contributed by atoms with Crippen molar-refractivity contribution in [3.05, 3.63) is 82.9 Å². The first-order valence-electron chi connectivity index (χ1n) is 10.2. The van der Waals surface area contributed by atoms with Crippen LogP contribution in [0.2, 0.25) is 5.02 Å². The molecule has 6 nitrogen and oxygen atoms in total. The zero-order valence-electron chi connectivity index (χ0n) is 17.9. The van der Waals surface area contributed by atoms with Gasteiger partial charge in [-0.25, -0.2) is 4.79 Å². The number of rotatable bonds is 8. The van der Waals surface area contributed by atoms with E-state index in [0.29, 0.717) is 5.02 Å². The second kappa shape index (κ2) is 9.83. The number of amides is 2. The zero-order valence-corrected chi connectivity index (χ0v) is 18.6. The Hall–Kier alpha value is -3.38. The van der Waals surface area contributed by atoms with Gasteiger partial charge in [-0.2, -0.15) is 0 Å². The average Bonchev–Trinajstić information content (AvgIpc) is 2.74. The second-order valence-corrected chi connectivity index (χ2v) is 8.50. The molecule has 0 saturated carbocycles. The monoisotopic (exact) mass is 452 g/mol. The van der Waals surface area contributed by atoms with Crippen LogP contribution in [0.1, 0.15) is 25.0 Å². The Kier molecular flexibility index (Phi) is 7.15. The molecule has 0 spiro atoms. The highest BCUT2D eigenvalue weighted by molar-refractivity contribution is 6.30. The summed E-state index contributed by atoms with van der Waals surface area (Å²) in [5, 5.41) is 17.6. The molecule has 0 saturated heterocycles. The van der Waals surface area contributed by atoms with E-state index in [4.69, 9.17) is 11.6 Å². The van der Waals surface area contributed by atoms with E-state index >= 15 is 0 Å². The van der Waals surface area contributed by atoms with Crippen LogP contribution in [0.3, 0.4) is 0 Å². The lowest BCUT2D eigenvalue weighted by Crippen LogP contribution is -2.60. The van der Waals surface area contributed by atoms with Crippen LogP contribution < -0.4 is 10.6 Å². The third kappa shape index (κ3) is 5.86. The lowest BCUT2D eigenvalue weighted by atomic mass is 9.90. The van der Waals surface area contributed by atoms with E-state index in [1.807, 2.05) is 42.5 Å². The van der Waals surface area contributed by atoms with E-state index in [1.165, 1.54) is 6.92 Å². The standard InChI is InChI=1S/C25H25ClN2O4/c1-16(29)28-25(2,15-18-7-10-19-5-3-4-6-20(19)13-18)24(32)27-22(23(30)31)14-17-8-11-21(26)12-9-17/h3-13,22H,14-15H2,1-2H3,(H,27,32)(H,28,29)(H,30,31). The van der Waals surface area contributed by atoms with Crippen LogP contribution in [0.4, 0.5) is 0 Å². The SMILES string of the molecule is CC(=O)NC(C)(Cc1ccc2ccccc2c1)C(=O)NC(Cc1ccc(Cl)cc1)C(=O)O. The van der Waals surface area contributed by atoms with Gasteiger partial charge in [-0.05, 0) is 41.0 Å². The molecule has 2 amide bonds. The molecule has 3 aromatic rings. The highest BCUT2D eigenvalue weighted by Gasteiger charge is 2.36. The van der Waals surface area contributed by atoms with Gasteiger partial charge >= 0.3 is 5.97 Å². The molecule has 32 heavy (non-hydrogen) atoms. The zero-order chi connectivity index (χ0) is 23.3. The first kappa shape index (κ1) is 23.3. The lowest BCUT2D eigenvalue weighted by Gasteiger charge is -2.31. The molecule has 3 rings (SSSR count). The quantitative estimate of drug-likeness (QED) is 0.485. The van der Waals surface area contributed by atoms with Crippen LogP contribution in [0.5, 0.6) is 0 Å². The number of carbonyl (C=O) groups excluding carboxylic acids is 2. The van der Waals surface area contributed by atoms with Gasteiger partial charge in [0.2, 0.25) is 11.8 Å². The van der Waals surface area contributed by atoms with Crippen molar-refractivity contribution in [3.63, 3.8) is 0 Å². The fourth-order valence-corrected chi connectivity index (χ4v) is 3.83. The molecule has 0 radical (unpaired) electrons. The largest absolute Gasteiger partial charge is 0.480 e. The van der Waals surface area contributed by atoms with Gasteiger partial charge in [-0.1, -0.05) is 66.2 Å². The van der Waals surface area contributed by atoms with Crippen molar-refractivity contribution in [2.75, 3.05) is 0 Å². The Morgan fingerprint density at radius 1 is 0.969 bits per heavy atom. The molecule has 2 atom stereocenters. The van der Waals surface area contributed by atoms with E-state index < -0.39 is 23.5 Å². The number of aliphatic carboxylic acids is 1. The minimum absolute atomic E-state index is 0.0877. The Morgan fingerprint density at radius 3 is 2.22 bits per heavy atom. The van der Waals surface area contributed by atoms with Crippen molar-refractivity contribution < 1.29 is 19.5 Å². The highest BCUT2D eigenvalue weighted by Crippen LogP contribution is 2.21. The molecule has 0 heterocycles. The fourth-order valence-electron chi connectivity index (χ4n) is 3.70. The third-order valence-corrected chi connectivity index (χ3v) is 5.53. The Balaban J connectivity index is 1.83. The summed E-state index contributed by atoms with van der Waals surface area (Å²) in [4.78, 5) is 36.9. The normalized spacial score (nSPS) is 13.7. The van der Waals surface area contributed by atoms with Crippen molar-refractivity contribution in [2.45, 2.75) is 38.3 Å². The van der Waals surface area contributed by atoms with Crippen molar-refractivity contribution in [3.8, 4) is 0 Å². The van der Waals surface area contributed by atoms with Crippen molar-refractivity contribution in [1.29, 1.82) is 0 Å². The number of carboxylic acids is 1. The maximum Gasteiger partial charge on any atom is 0.326 e. The highest BCUT2D eigenvalue weighted by atomic mass is 35.5. The van der Waals surface area contributed by atoms with Crippen LogP contribution >= 0.6 is 11.6 Å². The van der Waals surface area contributed by atoms with E-state index in [-0.39, 0.29) is 18.7 Å². The van der Waals surface area contributed by atoms with Gasteiger partial charge in [0.25, 0.3) is 0 Å². The second-order valence-electron chi connectivity index (χ2n) is 8.07. The topological polar surface area (TPSA) is 95.5 Å². The molecule has 0 aromatic heterocycles. The summed E-state index contributed by atoms with van der Waals surface area (Å²) in [7, 11) is 0. The van der Waals surface area contributed by atoms with Crippen molar-refractivity contribution in [2.24, 2.45) is 0 Å². The maximum absolute atomic E-state index is 13.2. The molecule has 166 valence electrons. The average molecular weight is 453 g/mol. The number of carbonyl (C=O) groups is 3. The van der Waals surface area contributed by atoms with E-state index in [9.17, 15) is 19.5 Å². The summed E-state index contributed by atoms with van der Waals surface area (Å²) in [6, 6.07) is 19.3. The van der Waals surface area contributed by atoms with Crippen LogP contribution in [-0.2, 0) is 27.2 Å². The summed E-state index contributed by atoms with van der Waals surface area (Å²) in [6.45, 7) is 2.93. The van der Waals surface area contributed by atoms with Crippen LogP contribution in [0.15, 0.2) is 66.7 Å². The number of fused-ring (bicyclic) bond motifs is 1. The third-order valence-electron chi connectivity index (χ3n) is 5.28. The smallest absolute Gasteiger partial charge is 0.326 e. The number of hydrogen-bond donors (Lipinski definition) is 3. The minimum atomic E-state index is -1.33. The summed E-state index contributed by atoms with van der Waals surface area (Å²) < 4.78 is 0. The number of nitrogens with one attached hydrogen (secondary N) is 2. The predicted molar refractivity (Wildman–Crippen MR) is 125 cm³/mol. The van der Waals surface area contributed by atoms with Crippen molar-refractivity contribution in [1.82, 2.24) is 10.6 Å². The Labute approximate surface area is 191 Å². The molecule has 0 fully saturated rings. The number of halogens is 1. The fraction of sp³-hybridized carbons (Fsp3) is 0.240. The molecule has 7 heteroatoms. The lowest BCUT2D eigenvalue weighted by molar-refractivity contribution is -0.143. The van der Waals surface area contributed by atoms with E-state index in [1.54, 1.807) is 31.2 Å². The number of benzene rings is 3. The summed E-state index contributed by atoms with van der Waals surface area (Å²) >= 11 is 5.89. The molecule has 0 aliphatic carbocycles. The number of carboxylic acid groups (broad SMARTS) is 1. The molecular formula is C25H25ClN2O4. The molecule has 3 aromatic carbocycles. The van der Waals surface area contributed by atoms with Crippen LogP contribution in [0, 0.1) is 0 Å². The molecule has 3 N–H and O–H groups in total. The van der Waals surface area contributed by atoms with Gasteiger partial charge in [-0.15, -0.1) is 0 Å². The summed E-state index contributed by atoms with van der Waals surface area (Å²) in [6.07, 6.45) is 0.293. The number of hydrogen-bond acceptors (Lipinski definition) is 3. The van der Waals surface area contributed by atoms with Crippen molar-refractivity contribution >= 4 is 40.2 Å². The molecular weight excluding hydrogens is 428 g/mol. The summed E-state index contributed by atoms with van der Waals surface area (Å²) in [5.41, 5.74) is 0.236. The minimum Gasteiger partial charge on any atom is -0.480 e. The van der Waals surface area contributed by atoms with Gasteiger partial charge in [0.05, 0.1) is 0 Å². The Bertz CT molecular complexity index is 1150. The first-order chi connectivity index (χ1) is 15.2. The summed E-state index contributed by atoms with van der Waals surface area (Å²) in [5.74, 6) is -2.11. The Morgan fingerprint density at radius 2 is 1.59 bits per heavy atom. The molecule has 0 bridgehead atoms. The van der Waals surface area contributed by atoms with E-state index in [2.05, 4.69) is 10.6 Å². The van der Waals surface area contributed by atoms with Crippen LogP contribution in [0.25, 0.3) is 10.8 Å². The van der Waals surface area contributed by atoms with Gasteiger partial charge in [0.1, 0.15) is 11.6 Å². The maximum atomic E-state index is 13.2. The van der Waals surface area contributed by atoms with Gasteiger partial charge in [0, 0.05) is 24.8 Å². The molecule has 2 unspecified atom stereocenters. The molecule has 0 aliphatic heterocycles. The molecule has 0 aliphatic rings. The first-order valence-corrected chi connectivity index (χ1v) is 10.6. The van der Waals surface area contributed by atoms with Crippen LogP contribution in [-0.4, -0.2) is 34.5 Å². The predicted octanol–water partition coefficient (Wildman–Crippen LogP) is 3.74. The van der Waals surface area contributed by atoms with E-state index in [0.717, 1.165) is 21.9 Å². The van der Waals surface area contributed by atoms with Gasteiger partial charge in [0.15, 0.2) is 0 Å².